The monoisotopic (exact) mass is 285 g/mol. The molecule has 5 nitrogen and oxygen atoms in total. The van der Waals surface area contributed by atoms with Gasteiger partial charge in [0, 0.05) is 18.9 Å². The summed E-state index contributed by atoms with van der Waals surface area (Å²) < 4.78 is 6.13. The van der Waals surface area contributed by atoms with E-state index in [0.717, 1.165) is 29.2 Å². The van der Waals surface area contributed by atoms with Gasteiger partial charge in [-0.25, -0.2) is 0 Å². The van der Waals surface area contributed by atoms with E-state index in [4.69, 9.17) is 5.73 Å². The molecule has 2 aromatic heterocycles. The lowest BCUT2D eigenvalue weighted by atomic mass is 10.1. The maximum Gasteiger partial charge on any atom is 0.147 e. The zero-order chi connectivity index (χ0) is 13.8. The third kappa shape index (κ3) is 2.65. The van der Waals surface area contributed by atoms with E-state index in [9.17, 15) is 0 Å². The quantitative estimate of drug-likeness (QED) is 0.756. The standard InChI is InChI=1S/C14H15N5S/c15-13-12(11-5-2-1-3-6-11)14(20-18-13)16-8-10-19-9-4-7-17-19/h1-7,9,16H,8,10H2,(H2,15,18). The van der Waals surface area contributed by atoms with Gasteiger partial charge in [-0.05, 0) is 23.2 Å². The average molecular weight is 285 g/mol. The molecule has 102 valence electrons. The number of nitrogens with one attached hydrogen (secondary N) is 1. The zero-order valence-electron chi connectivity index (χ0n) is 10.9. The predicted octanol–water partition coefficient (Wildman–Crippen LogP) is 2.70. The van der Waals surface area contributed by atoms with E-state index in [1.807, 2.05) is 47.3 Å². The molecule has 3 rings (SSSR count). The molecule has 1 aromatic carbocycles. The molecule has 0 radical (unpaired) electrons. The molecule has 20 heavy (non-hydrogen) atoms. The molecule has 0 saturated carbocycles. The molecule has 3 N–H and O–H groups in total. The summed E-state index contributed by atoms with van der Waals surface area (Å²) >= 11 is 1.39. The largest absolute Gasteiger partial charge is 0.382 e. The summed E-state index contributed by atoms with van der Waals surface area (Å²) in [4.78, 5) is 0. The van der Waals surface area contributed by atoms with Gasteiger partial charge in [-0.3, -0.25) is 4.68 Å². The molecular formula is C14H15N5S. The van der Waals surface area contributed by atoms with Crippen LogP contribution in [0.2, 0.25) is 0 Å². The summed E-state index contributed by atoms with van der Waals surface area (Å²) in [6.07, 6.45) is 3.72. The molecule has 0 aliphatic rings. The molecule has 0 aliphatic heterocycles. The van der Waals surface area contributed by atoms with Gasteiger partial charge < -0.3 is 11.1 Å². The van der Waals surface area contributed by atoms with Crippen molar-refractivity contribution in [1.82, 2.24) is 14.2 Å². The lowest BCUT2D eigenvalue weighted by molar-refractivity contribution is 0.638. The fourth-order valence-corrected chi connectivity index (χ4v) is 2.78. The number of aromatic nitrogens is 3. The van der Waals surface area contributed by atoms with Crippen molar-refractivity contribution in [1.29, 1.82) is 0 Å². The van der Waals surface area contributed by atoms with Crippen molar-refractivity contribution in [3.63, 3.8) is 0 Å². The minimum atomic E-state index is 0.572. The number of rotatable bonds is 5. The summed E-state index contributed by atoms with van der Waals surface area (Å²) in [6.45, 7) is 1.59. The normalized spacial score (nSPS) is 10.6. The highest BCUT2D eigenvalue weighted by atomic mass is 32.1. The fourth-order valence-electron chi connectivity index (χ4n) is 2.02. The molecule has 6 heteroatoms. The van der Waals surface area contributed by atoms with Crippen molar-refractivity contribution in [2.75, 3.05) is 17.6 Å². The van der Waals surface area contributed by atoms with E-state index in [1.54, 1.807) is 6.20 Å². The Hall–Kier alpha value is -2.34. The van der Waals surface area contributed by atoms with Gasteiger partial charge in [-0.1, -0.05) is 30.3 Å². The van der Waals surface area contributed by atoms with Gasteiger partial charge in [0.2, 0.25) is 0 Å². The van der Waals surface area contributed by atoms with E-state index >= 15 is 0 Å². The van der Waals surface area contributed by atoms with Gasteiger partial charge in [0.25, 0.3) is 0 Å². The lowest BCUT2D eigenvalue weighted by Gasteiger charge is -2.07. The Morgan fingerprint density at radius 3 is 2.80 bits per heavy atom. The Bertz CT molecular complexity index is 660. The molecule has 0 saturated heterocycles. The molecule has 0 bridgehead atoms. The van der Waals surface area contributed by atoms with Crippen LogP contribution in [0.3, 0.4) is 0 Å². The molecule has 0 fully saturated rings. The van der Waals surface area contributed by atoms with Crippen LogP contribution in [0.25, 0.3) is 11.1 Å². The maximum atomic E-state index is 5.98. The summed E-state index contributed by atoms with van der Waals surface area (Å²) in [5, 5.41) is 8.56. The number of anilines is 2. The lowest BCUT2D eigenvalue weighted by Crippen LogP contribution is -2.10. The highest BCUT2D eigenvalue weighted by molar-refractivity contribution is 7.11. The number of nitrogens with zero attached hydrogens (tertiary/aromatic N) is 3. The van der Waals surface area contributed by atoms with E-state index < -0.39 is 0 Å². The summed E-state index contributed by atoms with van der Waals surface area (Å²) in [6, 6.07) is 12.0. The number of nitrogens with two attached hydrogens (primary N) is 1. The van der Waals surface area contributed by atoms with Crippen LogP contribution in [0.15, 0.2) is 48.8 Å². The second-order valence-corrected chi connectivity index (χ2v) is 5.11. The van der Waals surface area contributed by atoms with Gasteiger partial charge in [-0.2, -0.15) is 9.47 Å². The van der Waals surface area contributed by atoms with Crippen molar-refractivity contribution in [3.05, 3.63) is 48.8 Å². The Morgan fingerprint density at radius 2 is 2.05 bits per heavy atom. The van der Waals surface area contributed by atoms with Gasteiger partial charge in [0.1, 0.15) is 10.8 Å². The second kappa shape index (κ2) is 5.75. The maximum absolute atomic E-state index is 5.98. The van der Waals surface area contributed by atoms with Gasteiger partial charge in [-0.15, -0.1) is 0 Å². The van der Waals surface area contributed by atoms with Gasteiger partial charge >= 0.3 is 0 Å². The van der Waals surface area contributed by atoms with Crippen LogP contribution >= 0.6 is 11.5 Å². The molecule has 0 atom stereocenters. The van der Waals surface area contributed by atoms with Crippen LogP contribution in [-0.4, -0.2) is 20.7 Å². The van der Waals surface area contributed by atoms with Crippen LogP contribution in [-0.2, 0) is 6.54 Å². The van der Waals surface area contributed by atoms with Crippen LogP contribution < -0.4 is 11.1 Å². The Morgan fingerprint density at radius 1 is 1.20 bits per heavy atom. The molecule has 0 amide bonds. The average Bonchev–Trinajstić information content (AvgIpc) is 3.10. The van der Waals surface area contributed by atoms with E-state index in [1.165, 1.54) is 11.5 Å². The summed E-state index contributed by atoms with van der Waals surface area (Å²) in [7, 11) is 0. The van der Waals surface area contributed by atoms with Crippen LogP contribution in [0.5, 0.6) is 0 Å². The van der Waals surface area contributed by atoms with E-state index in [-0.39, 0.29) is 0 Å². The Balaban J connectivity index is 1.74. The third-order valence-corrected chi connectivity index (χ3v) is 3.79. The zero-order valence-corrected chi connectivity index (χ0v) is 11.7. The number of benzene rings is 1. The highest BCUT2D eigenvalue weighted by Crippen LogP contribution is 2.36. The van der Waals surface area contributed by atoms with Crippen molar-refractivity contribution >= 4 is 22.4 Å². The minimum Gasteiger partial charge on any atom is -0.382 e. The fraction of sp³-hybridized carbons (Fsp3) is 0.143. The SMILES string of the molecule is Nc1nsc(NCCn2cccn2)c1-c1ccccc1. The predicted molar refractivity (Wildman–Crippen MR) is 82.7 cm³/mol. The summed E-state index contributed by atoms with van der Waals surface area (Å²) in [5.74, 6) is 0.572. The number of nitrogen functional groups attached to an aromatic ring is 1. The van der Waals surface area contributed by atoms with Crippen LogP contribution in [0.4, 0.5) is 10.8 Å². The number of hydrogen-bond acceptors (Lipinski definition) is 5. The molecule has 0 aliphatic carbocycles. The summed E-state index contributed by atoms with van der Waals surface area (Å²) in [5.41, 5.74) is 8.05. The van der Waals surface area contributed by atoms with Crippen molar-refractivity contribution in [2.24, 2.45) is 0 Å². The van der Waals surface area contributed by atoms with Crippen LogP contribution in [0, 0.1) is 0 Å². The molecule has 0 spiro atoms. The molecule has 0 unspecified atom stereocenters. The van der Waals surface area contributed by atoms with Gasteiger partial charge in [0.05, 0.1) is 12.1 Å². The van der Waals surface area contributed by atoms with Crippen molar-refractivity contribution < 1.29 is 0 Å². The first-order valence-electron chi connectivity index (χ1n) is 6.36. The minimum absolute atomic E-state index is 0.572. The first kappa shape index (κ1) is 12.7. The van der Waals surface area contributed by atoms with E-state index in [2.05, 4.69) is 14.8 Å². The van der Waals surface area contributed by atoms with Crippen LogP contribution in [0.1, 0.15) is 0 Å². The second-order valence-electron chi connectivity index (χ2n) is 4.33. The third-order valence-electron chi connectivity index (χ3n) is 2.97. The molecule has 2 heterocycles. The van der Waals surface area contributed by atoms with Gasteiger partial charge in [0.15, 0.2) is 0 Å². The Labute approximate surface area is 121 Å². The Kier molecular flexibility index (Phi) is 3.64. The topological polar surface area (TPSA) is 68.8 Å². The number of hydrogen-bond donors (Lipinski definition) is 2. The first-order valence-corrected chi connectivity index (χ1v) is 7.14. The first-order chi connectivity index (χ1) is 9.84. The van der Waals surface area contributed by atoms with E-state index in [0.29, 0.717) is 5.82 Å². The highest BCUT2D eigenvalue weighted by Gasteiger charge is 2.12. The smallest absolute Gasteiger partial charge is 0.147 e. The van der Waals surface area contributed by atoms with Crippen molar-refractivity contribution in [2.45, 2.75) is 6.54 Å². The molecular weight excluding hydrogens is 270 g/mol. The molecule has 3 aromatic rings. The van der Waals surface area contributed by atoms with Crippen molar-refractivity contribution in [3.8, 4) is 11.1 Å².